The van der Waals surface area contributed by atoms with Crippen molar-refractivity contribution in [1.82, 2.24) is 9.78 Å². The van der Waals surface area contributed by atoms with Crippen molar-refractivity contribution in [2.45, 2.75) is 6.92 Å². The zero-order chi connectivity index (χ0) is 10.3. The molecule has 1 aromatic heterocycles. The third-order valence-corrected chi connectivity index (χ3v) is 2.36. The molecule has 0 saturated heterocycles. The van der Waals surface area contributed by atoms with Crippen molar-refractivity contribution in [2.24, 2.45) is 7.05 Å². The normalized spacial score (nSPS) is 10.9. The Hall–Kier alpha value is -1.33. The van der Waals surface area contributed by atoms with Gasteiger partial charge in [-0.15, -0.1) is 0 Å². The second kappa shape index (κ2) is 3.11. The molecule has 0 unspecified atom stereocenters. The quantitative estimate of drug-likeness (QED) is 0.599. The van der Waals surface area contributed by atoms with Crippen molar-refractivity contribution in [2.75, 3.05) is 0 Å². The van der Waals surface area contributed by atoms with Crippen LogP contribution in [-0.2, 0) is 7.05 Å². The molecule has 0 amide bonds. The fourth-order valence-electron chi connectivity index (χ4n) is 1.62. The Morgan fingerprint density at radius 3 is 2.71 bits per heavy atom. The summed E-state index contributed by atoms with van der Waals surface area (Å²) in [6.07, 6.45) is 0. The number of aryl methyl sites for hydroxylation is 2. The Labute approximate surface area is 81.9 Å². The summed E-state index contributed by atoms with van der Waals surface area (Å²) in [5.41, 5.74) is 2.38. The Kier molecular flexibility index (Phi) is 2.05. The molecule has 0 aliphatic rings. The lowest BCUT2D eigenvalue weighted by Gasteiger charge is -1.99. The van der Waals surface area contributed by atoms with Gasteiger partial charge >= 0.3 is 7.12 Å². The van der Waals surface area contributed by atoms with Gasteiger partial charge in [-0.05, 0) is 18.5 Å². The highest BCUT2D eigenvalue weighted by atomic mass is 16.4. The summed E-state index contributed by atoms with van der Waals surface area (Å²) in [7, 11) is 0.448. The summed E-state index contributed by atoms with van der Waals surface area (Å²) < 4.78 is 1.78. The van der Waals surface area contributed by atoms with Gasteiger partial charge in [0.05, 0.1) is 11.2 Å². The van der Waals surface area contributed by atoms with Crippen LogP contribution in [0.5, 0.6) is 0 Å². The summed E-state index contributed by atoms with van der Waals surface area (Å²) in [6.45, 7) is 1.90. The monoisotopic (exact) mass is 190 g/mol. The smallest absolute Gasteiger partial charge is 0.423 e. The highest BCUT2D eigenvalue weighted by Gasteiger charge is 2.13. The molecule has 2 N–H and O–H groups in total. The summed E-state index contributed by atoms with van der Waals surface area (Å²) in [5, 5.41) is 23.2. The molecule has 1 aromatic carbocycles. The Morgan fingerprint density at radius 1 is 1.36 bits per heavy atom. The second-order valence-electron chi connectivity index (χ2n) is 3.36. The van der Waals surface area contributed by atoms with Gasteiger partial charge in [0.15, 0.2) is 0 Å². The highest BCUT2D eigenvalue weighted by molar-refractivity contribution is 6.58. The number of hydrogen-bond acceptors (Lipinski definition) is 3. The van der Waals surface area contributed by atoms with Crippen molar-refractivity contribution >= 4 is 23.5 Å². The molecule has 5 heteroatoms. The standard InChI is InChI=1S/C9H11BN2O2/c1-6-8-5-7(10(13)14)3-4-9(8)12(2)11-6/h3-5,13-14H,1-2H3. The van der Waals surface area contributed by atoms with E-state index in [1.54, 1.807) is 16.8 Å². The van der Waals surface area contributed by atoms with Crippen molar-refractivity contribution in [1.29, 1.82) is 0 Å². The Balaban J connectivity index is 2.71. The molecule has 14 heavy (non-hydrogen) atoms. The van der Waals surface area contributed by atoms with Crippen molar-refractivity contribution in [3.8, 4) is 0 Å². The van der Waals surface area contributed by atoms with E-state index in [2.05, 4.69) is 5.10 Å². The van der Waals surface area contributed by atoms with E-state index in [0.717, 1.165) is 16.6 Å². The molecule has 2 rings (SSSR count). The molecule has 0 saturated carbocycles. The highest BCUT2D eigenvalue weighted by Crippen LogP contribution is 2.15. The first-order valence-electron chi connectivity index (χ1n) is 4.39. The van der Waals surface area contributed by atoms with Gasteiger partial charge in [-0.2, -0.15) is 5.10 Å². The third kappa shape index (κ3) is 1.30. The van der Waals surface area contributed by atoms with E-state index in [-0.39, 0.29) is 0 Å². The third-order valence-electron chi connectivity index (χ3n) is 2.36. The van der Waals surface area contributed by atoms with Crippen molar-refractivity contribution < 1.29 is 10.0 Å². The van der Waals surface area contributed by atoms with Crippen LogP contribution in [0.1, 0.15) is 5.69 Å². The Morgan fingerprint density at radius 2 is 2.07 bits per heavy atom. The zero-order valence-electron chi connectivity index (χ0n) is 8.10. The van der Waals surface area contributed by atoms with Crippen LogP contribution in [-0.4, -0.2) is 26.9 Å². The maximum atomic E-state index is 9.01. The molecular weight excluding hydrogens is 179 g/mol. The predicted octanol–water partition coefficient (Wildman–Crippen LogP) is -0.438. The van der Waals surface area contributed by atoms with Gasteiger partial charge in [0.25, 0.3) is 0 Å². The number of aromatic nitrogens is 2. The van der Waals surface area contributed by atoms with E-state index in [4.69, 9.17) is 10.0 Å². The fraction of sp³-hybridized carbons (Fsp3) is 0.222. The fourth-order valence-corrected chi connectivity index (χ4v) is 1.62. The van der Waals surface area contributed by atoms with Gasteiger partial charge in [0.2, 0.25) is 0 Å². The Bertz CT molecular complexity index is 479. The van der Waals surface area contributed by atoms with Crippen LogP contribution in [0.15, 0.2) is 18.2 Å². The van der Waals surface area contributed by atoms with E-state index in [0.29, 0.717) is 5.46 Å². The lowest BCUT2D eigenvalue weighted by molar-refractivity contribution is 0.426. The molecule has 2 aromatic rings. The van der Waals surface area contributed by atoms with Crippen molar-refractivity contribution in [3.05, 3.63) is 23.9 Å². The molecule has 0 aliphatic heterocycles. The second-order valence-corrected chi connectivity index (χ2v) is 3.36. The van der Waals surface area contributed by atoms with Crippen LogP contribution >= 0.6 is 0 Å². The lowest BCUT2D eigenvalue weighted by Crippen LogP contribution is -2.29. The van der Waals surface area contributed by atoms with Gasteiger partial charge in [-0.1, -0.05) is 12.1 Å². The van der Waals surface area contributed by atoms with Crippen LogP contribution < -0.4 is 5.46 Å². The minimum Gasteiger partial charge on any atom is -0.423 e. The van der Waals surface area contributed by atoms with Crippen molar-refractivity contribution in [3.63, 3.8) is 0 Å². The van der Waals surface area contributed by atoms with Crippen LogP contribution in [0, 0.1) is 6.92 Å². The zero-order valence-corrected chi connectivity index (χ0v) is 8.10. The van der Waals surface area contributed by atoms with Crippen LogP contribution in [0.25, 0.3) is 10.9 Å². The minimum atomic E-state index is -1.42. The first-order valence-corrected chi connectivity index (χ1v) is 4.39. The molecule has 0 atom stereocenters. The average molecular weight is 190 g/mol. The summed E-state index contributed by atoms with van der Waals surface area (Å²) in [6, 6.07) is 5.28. The lowest BCUT2D eigenvalue weighted by atomic mass is 9.80. The largest absolute Gasteiger partial charge is 0.488 e. The SMILES string of the molecule is Cc1nn(C)c2ccc(B(O)O)cc12. The summed E-state index contributed by atoms with van der Waals surface area (Å²) in [5.74, 6) is 0. The maximum Gasteiger partial charge on any atom is 0.488 e. The van der Waals surface area contributed by atoms with E-state index in [1.165, 1.54) is 0 Å². The maximum absolute atomic E-state index is 9.01. The first kappa shape index (κ1) is 9.24. The van der Waals surface area contributed by atoms with E-state index in [9.17, 15) is 0 Å². The first-order chi connectivity index (χ1) is 6.59. The van der Waals surface area contributed by atoms with Gasteiger partial charge in [0, 0.05) is 12.4 Å². The molecule has 0 radical (unpaired) electrons. The van der Waals surface area contributed by atoms with Gasteiger partial charge in [0.1, 0.15) is 0 Å². The molecular formula is C9H11BN2O2. The van der Waals surface area contributed by atoms with E-state index >= 15 is 0 Å². The molecule has 0 aliphatic carbocycles. The number of nitrogens with zero attached hydrogens (tertiary/aromatic N) is 2. The average Bonchev–Trinajstić information content (AvgIpc) is 2.42. The number of hydrogen-bond donors (Lipinski definition) is 2. The number of fused-ring (bicyclic) bond motifs is 1. The van der Waals surface area contributed by atoms with Gasteiger partial charge in [-0.25, -0.2) is 0 Å². The molecule has 72 valence electrons. The van der Waals surface area contributed by atoms with Gasteiger partial charge in [-0.3, -0.25) is 4.68 Å². The van der Waals surface area contributed by atoms with Crippen LogP contribution in [0.3, 0.4) is 0 Å². The van der Waals surface area contributed by atoms with Gasteiger partial charge < -0.3 is 10.0 Å². The van der Waals surface area contributed by atoms with E-state index < -0.39 is 7.12 Å². The molecule has 0 bridgehead atoms. The predicted molar refractivity (Wildman–Crippen MR) is 55.3 cm³/mol. The molecule has 0 fully saturated rings. The van der Waals surface area contributed by atoms with Crippen LogP contribution in [0.4, 0.5) is 0 Å². The molecule has 1 heterocycles. The molecule has 4 nitrogen and oxygen atoms in total. The summed E-state index contributed by atoms with van der Waals surface area (Å²) in [4.78, 5) is 0. The number of rotatable bonds is 1. The number of benzene rings is 1. The van der Waals surface area contributed by atoms with Crippen LogP contribution in [0.2, 0.25) is 0 Å². The minimum absolute atomic E-state index is 0.494. The summed E-state index contributed by atoms with van der Waals surface area (Å²) >= 11 is 0. The molecule has 0 spiro atoms. The topological polar surface area (TPSA) is 58.3 Å². The van der Waals surface area contributed by atoms with E-state index in [1.807, 2.05) is 20.0 Å².